The first-order valence-corrected chi connectivity index (χ1v) is 7.39. The fraction of sp³-hybridized carbons (Fsp3) is 0. The molecular formula is C11H9BrN2O4S. The van der Waals surface area contributed by atoms with E-state index in [9.17, 15) is 13.2 Å². The predicted octanol–water partition coefficient (Wildman–Crippen LogP) is 1.94. The van der Waals surface area contributed by atoms with Crippen LogP contribution in [0.1, 0.15) is 10.4 Å². The Labute approximate surface area is 117 Å². The molecule has 6 nitrogen and oxygen atoms in total. The molecule has 2 aromatic rings. The van der Waals surface area contributed by atoms with Crippen molar-refractivity contribution in [1.29, 1.82) is 0 Å². The first kappa shape index (κ1) is 13.8. The number of halogens is 1. The lowest BCUT2D eigenvalue weighted by atomic mass is 10.3. The fourth-order valence-electron chi connectivity index (χ4n) is 1.46. The van der Waals surface area contributed by atoms with E-state index in [1.54, 1.807) is 6.07 Å². The van der Waals surface area contributed by atoms with Gasteiger partial charge in [0.05, 0.1) is 17.5 Å². The number of hydrogen-bond acceptors (Lipinski definition) is 4. The summed E-state index contributed by atoms with van der Waals surface area (Å²) in [7, 11) is -3.91. The number of primary sulfonamides is 1. The summed E-state index contributed by atoms with van der Waals surface area (Å²) in [5.74, 6) is -0.503. The normalized spacial score (nSPS) is 11.3. The summed E-state index contributed by atoms with van der Waals surface area (Å²) in [6, 6.07) is 7.33. The predicted molar refractivity (Wildman–Crippen MR) is 72.2 cm³/mol. The second-order valence-electron chi connectivity index (χ2n) is 3.60. The van der Waals surface area contributed by atoms with Crippen molar-refractivity contribution >= 4 is 37.5 Å². The van der Waals surface area contributed by atoms with Crippen LogP contribution in [0.3, 0.4) is 0 Å². The van der Waals surface area contributed by atoms with Gasteiger partial charge in [0.1, 0.15) is 4.90 Å². The standard InChI is InChI=1S/C11H9BrN2O4S/c12-10-7(5-6-18-10)11(15)14-8-3-1-2-4-9(8)19(13,16)17/h1-6H,(H,14,15)(H2,13,16,17). The molecule has 1 amide bonds. The number of rotatable bonds is 3. The van der Waals surface area contributed by atoms with Crippen molar-refractivity contribution in [1.82, 2.24) is 0 Å². The average molecular weight is 345 g/mol. The van der Waals surface area contributed by atoms with E-state index in [0.717, 1.165) is 0 Å². The van der Waals surface area contributed by atoms with Crippen molar-refractivity contribution in [2.45, 2.75) is 4.90 Å². The maximum absolute atomic E-state index is 11.9. The van der Waals surface area contributed by atoms with Gasteiger partial charge in [-0.05, 0) is 34.1 Å². The summed E-state index contributed by atoms with van der Waals surface area (Å²) in [5.41, 5.74) is 0.368. The van der Waals surface area contributed by atoms with Gasteiger partial charge in [0.15, 0.2) is 4.67 Å². The number of nitrogens with one attached hydrogen (secondary N) is 1. The van der Waals surface area contributed by atoms with Crippen LogP contribution in [0.2, 0.25) is 0 Å². The smallest absolute Gasteiger partial charge is 0.260 e. The molecule has 0 aliphatic heterocycles. The lowest BCUT2D eigenvalue weighted by Gasteiger charge is -2.08. The molecule has 3 N–H and O–H groups in total. The molecule has 0 atom stereocenters. The number of amides is 1. The Kier molecular flexibility index (Phi) is 3.74. The molecule has 8 heteroatoms. The van der Waals surface area contributed by atoms with Crippen molar-refractivity contribution in [3.05, 3.63) is 46.8 Å². The zero-order valence-corrected chi connectivity index (χ0v) is 11.9. The molecule has 1 heterocycles. The Balaban J connectivity index is 2.35. The zero-order chi connectivity index (χ0) is 14.0. The highest BCUT2D eigenvalue weighted by molar-refractivity contribution is 9.10. The van der Waals surface area contributed by atoms with Gasteiger partial charge < -0.3 is 9.73 Å². The number of hydrogen-bond donors (Lipinski definition) is 2. The average Bonchev–Trinajstić information content (AvgIpc) is 2.75. The van der Waals surface area contributed by atoms with Crippen molar-refractivity contribution in [3.8, 4) is 0 Å². The minimum atomic E-state index is -3.91. The van der Waals surface area contributed by atoms with Gasteiger partial charge in [-0.3, -0.25) is 4.79 Å². The highest BCUT2D eigenvalue weighted by Gasteiger charge is 2.18. The molecular weight excluding hydrogens is 336 g/mol. The number of para-hydroxylation sites is 1. The van der Waals surface area contributed by atoms with Gasteiger partial charge in [-0.15, -0.1) is 0 Å². The van der Waals surface area contributed by atoms with Crippen LogP contribution in [0.5, 0.6) is 0 Å². The molecule has 100 valence electrons. The minimum absolute atomic E-state index is 0.114. The van der Waals surface area contributed by atoms with Crippen LogP contribution < -0.4 is 10.5 Å². The van der Waals surface area contributed by atoms with Crippen molar-refractivity contribution < 1.29 is 17.6 Å². The first-order chi connectivity index (χ1) is 8.89. The summed E-state index contributed by atoms with van der Waals surface area (Å²) >= 11 is 3.07. The van der Waals surface area contributed by atoms with E-state index in [1.807, 2.05) is 0 Å². The quantitative estimate of drug-likeness (QED) is 0.887. The summed E-state index contributed by atoms with van der Waals surface area (Å²) in [6.07, 6.45) is 1.34. The number of nitrogens with two attached hydrogens (primary N) is 1. The summed E-state index contributed by atoms with van der Waals surface area (Å²) in [6.45, 7) is 0. The van der Waals surface area contributed by atoms with Gasteiger partial charge in [-0.2, -0.15) is 0 Å². The maximum Gasteiger partial charge on any atom is 0.260 e. The topological polar surface area (TPSA) is 102 Å². The lowest BCUT2D eigenvalue weighted by molar-refractivity contribution is 0.102. The molecule has 0 radical (unpaired) electrons. The third kappa shape index (κ3) is 3.03. The van der Waals surface area contributed by atoms with Crippen LogP contribution in [0.25, 0.3) is 0 Å². The second kappa shape index (κ2) is 5.16. The van der Waals surface area contributed by atoms with Crippen LogP contribution in [-0.2, 0) is 10.0 Å². The number of carbonyl (C=O) groups is 1. The molecule has 19 heavy (non-hydrogen) atoms. The largest absolute Gasteiger partial charge is 0.457 e. The van der Waals surface area contributed by atoms with E-state index in [2.05, 4.69) is 21.2 Å². The lowest BCUT2D eigenvalue weighted by Crippen LogP contribution is -2.18. The van der Waals surface area contributed by atoms with Gasteiger partial charge in [-0.25, -0.2) is 13.6 Å². The van der Waals surface area contributed by atoms with E-state index in [1.165, 1.54) is 30.5 Å². The highest BCUT2D eigenvalue weighted by atomic mass is 79.9. The molecule has 0 spiro atoms. The third-order valence-electron chi connectivity index (χ3n) is 2.30. The number of anilines is 1. The van der Waals surface area contributed by atoms with Gasteiger partial charge in [0.25, 0.3) is 5.91 Å². The van der Waals surface area contributed by atoms with E-state index in [4.69, 9.17) is 9.56 Å². The highest BCUT2D eigenvalue weighted by Crippen LogP contribution is 2.22. The Bertz CT molecular complexity index is 724. The Morgan fingerprint density at radius 1 is 1.26 bits per heavy atom. The van der Waals surface area contributed by atoms with E-state index in [-0.39, 0.29) is 20.8 Å². The molecule has 2 rings (SSSR count). The van der Waals surface area contributed by atoms with Crippen LogP contribution in [0, 0.1) is 0 Å². The van der Waals surface area contributed by atoms with Gasteiger partial charge in [0.2, 0.25) is 10.0 Å². The van der Waals surface area contributed by atoms with E-state index < -0.39 is 15.9 Å². The first-order valence-electron chi connectivity index (χ1n) is 5.06. The van der Waals surface area contributed by atoms with Crippen LogP contribution in [-0.4, -0.2) is 14.3 Å². The Morgan fingerprint density at radius 2 is 1.95 bits per heavy atom. The molecule has 0 aliphatic carbocycles. The van der Waals surface area contributed by atoms with Gasteiger partial charge >= 0.3 is 0 Å². The van der Waals surface area contributed by atoms with Gasteiger partial charge in [-0.1, -0.05) is 12.1 Å². The maximum atomic E-state index is 11.9. The molecule has 0 saturated carbocycles. The summed E-state index contributed by atoms with van der Waals surface area (Å²) < 4.78 is 28.0. The second-order valence-corrected chi connectivity index (χ2v) is 5.85. The molecule has 0 saturated heterocycles. The molecule has 0 fully saturated rings. The minimum Gasteiger partial charge on any atom is -0.457 e. The monoisotopic (exact) mass is 344 g/mol. The zero-order valence-electron chi connectivity index (χ0n) is 9.46. The van der Waals surface area contributed by atoms with E-state index >= 15 is 0 Å². The summed E-state index contributed by atoms with van der Waals surface area (Å²) in [4.78, 5) is 11.8. The molecule has 0 bridgehead atoms. The summed E-state index contributed by atoms with van der Waals surface area (Å²) in [5, 5.41) is 7.55. The van der Waals surface area contributed by atoms with Crippen molar-refractivity contribution in [2.24, 2.45) is 5.14 Å². The van der Waals surface area contributed by atoms with Crippen LogP contribution in [0.15, 0.2) is 50.6 Å². The van der Waals surface area contributed by atoms with E-state index in [0.29, 0.717) is 0 Å². The fourth-order valence-corrected chi connectivity index (χ4v) is 2.58. The number of sulfonamides is 1. The Hall–Kier alpha value is -1.64. The van der Waals surface area contributed by atoms with Gasteiger partial charge in [0, 0.05) is 0 Å². The molecule has 1 aromatic carbocycles. The third-order valence-corrected chi connectivity index (χ3v) is 3.89. The van der Waals surface area contributed by atoms with Crippen LogP contribution in [0.4, 0.5) is 5.69 Å². The molecule has 1 aromatic heterocycles. The van der Waals surface area contributed by atoms with Crippen molar-refractivity contribution in [3.63, 3.8) is 0 Å². The molecule has 0 unspecified atom stereocenters. The molecule has 0 aliphatic rings. The SMILES string of the molecule is NS(=O)(=O)c1ccccc1NC(=O)c1ccoc1Br. The van der Waals surface area contributed by atoms with Crippen LogP contribution >= 0.6 is 15.9 Å². The number of furan rings is 1. The Morgan fingerprint density at radius 3 is 2.53 bits per heavy atom. The number of benzene rings is 1. The number of carbonyl (C=O) groups excluding carboxylic acids is 1. The van der Waals surface area contributed by atoms with Crippen molar-refractivity contribution in [2.75, 3.05) is 5.32 Å².